The number of carbonyl (C=O) groups is 1. The van der Waals surface area contributed by atoms with Crippen molar-refractivity contribution in [3.8, 4) is 0 Å². The lowest BCUT2D eigenvalue weighted by Gasteiger charge is -2.39. The number of anilines is 1. The van der Waals surface area contributed by atoms with Crippen LogP contribution in [0.15, 0.2) is 66.7 Å². The molecule has 1 fully saturated rings. The van der Waals surface area contributed by atoms with Gasteiger partial charge in [-0.2, -0.15) is 0 Å². The van der Waals surface area contributed by atoms with E-state index in [-0.39, 0.29) is 11.4 Å². The Balaban J connectivity index is 1.42. The van der Waals surface area contributed by atoms with E-state index in [9.17, 15) is 4.79 Å². The summed E-state index contributed by atoms with van der Waals surface area (Å²) < 4.78 is 14.0. The number of fused-ring (bicyclic) bond motifs is 6. The molecule has 0 radical (unpaired) electrons. The highest BCUT2D eigenvalue weighted by molar-refractivity contribution is 6.08. The molecule has 0 aliphatic carbocycles. The van der Waals surface area contributed by atoms with Gasteiger partial charge in [-0.3, -0.25) is 0 Å². The summed E-state index contributed by atoms with van der Waals surface area (Å²) in [5.41, 5.74) is 5.43. The first-order valence-electron chi connectivity index (χ1n) is 12.3. The summed E-state index contributed by atoms with van der Waals surface area (Å²) in [4.78, 5) is 14.7. The number of rotatable bonds is 4. The lowest BCUT2D eigenvalue weighted by atomic mass is 9.77. The Kier molecular flexibility index (Phi) is 4.84. The van der Waals surface area contributed by atoms with Crippen LogP contribution in [0.3, 0.4) is 0 Å². The van der Waals surface area contributed by atoms with E-state index < -0.39 is 5.72 Å². The summed E-state index contributed by atoms with van der Waals surface area (Å²) >= 11 is 0. The highest BCUT2D eigenvalue weighted by Gasteiger charge is 2.59. The van der Waals surface area contributed by atoms with Crippen molar-refractivity contribution in [1.82, 2.24) is 4.57 Å². The van der Waals surface area contributed by atoms with Gasteiger partial charge in [-0.1, -0.05) is 44.2 Å². The standard InChI is InChI=1S/C30H30N2O3/c1-5-34-28(33)21-11-13-27-24(19-21)29(2,3)30(32(27)16-17-35-30)15-14-20-10-12-26-23(18-20)22-8-6-7-9-25(22)31(26)4/h6-15,18-19H,5,16-17H2,1-4H3/b15-14+. The number of aryl methyl sites for hydroxylation is 1. The van der Waals surface area contributed by atoms with Crippen LogP contribution in [-0.2, 0) is 21.9 Å². The number of nitrogens with zero attached hydrogens (tertiary/aromatic N) is 2. The van der Waals surface area contributed by atoms with Crippen LogP contribution in [0, 0.1) is 0 Å². The van der Waals surface area contributed by atoms with E-state index in [1.54, 1.807) is 0 Å². The predicted molar refractivity (Wildman–Crippen MR) is 141 cm³/mol. The van der Waals surface area contributed by atoms with E-state index in [0.717, 1.165) is 23.4 Å². The first kappa shape index (κ1) is 21.9. The largest absolute Gasteiger partial charge is 0.462 e. The van der Waals surface area contributed by atoms with E-state index in [2.05, 4.69) is 85.0 Å². The van der Waals surface area contributed by atoms with Gasteiger partial charge in [0.2, 0.25) is 0 Å². The fourth-order valence-electron chi connectivity index (χ4n) is 6.00. The SMILES string of the molecule is CCOC(=O)c1ccc2c(c1)C(C)(C)C1(/C=C/c3ccc4c(c3)c3ccccc3n4C)OCCN21. The lowest BCUT2D eigenvalue weighted by molar-refractivity contribution is 0.000297. The maximum atomic E-state index is 12.4. The fourth-order valence-corrected chi connectivity index (χ4v) is 6.00. The minimum atomic E-state index is -0.615. The highest BCUT2D eigenvalue weighted by atomic mass is 16.5. The van der Waals surface area contributed by atoms with Gasteiger partial charge in [-0.15, -0.1) is 0 Å². The van der Waals surface area contributed by atoms with Crippen LogP contribution < -0.4 is 4.90 Å². The van der Waals surface area contributed by atoms with Crippen molar-refractivity contribution >= 4 is 39.5 Å². The molecule has 1 atom stereocenters. The number of aromatic nitrogens is 1. The van der Waals surface area contributed by atoms with E-state index in [1.165, 1.54) is 21.8 Å². The topological polar surface area (TPSA) is 43.7 Å². The van der Waals surface area contributed by atoms with E-state index in [4.69, 9.17) is 9.47 Å². The molecule has 0 saturated carbocycles. The first-order valence-corrected chi connectivity index (χ1v) is 12.3. The van der Waals surface area contributed by atoms with E-state index in [1.807, 2.05) is 25.1 Å². The third-order valence-corrected chi connectivity index (χ3v) is 7.84. The zero-order chi connectivity index (χ0) is 24.4. The number of ether oxygens (including phenoxy) is 2. The Hall–Kier alpha value is -3.57. The Morgan fingerprint density at radius 2 is 1.86 bits per heavy atom. The van der Waals surface area contributed by atoms with Gasteiger partial charge in [-0.05, 0) is 60.5 Å². The van der Waals surface area contributed by atoms with Gasteiger partial charge in [-0.25, -0.2) is 4.79 Å². The average molecular weight is 467 g/mol. The lowest BCUT2D eigenvalue weighted by Crippen LogP contribution is -2.51. The van der Waals surface area contributed by atoms with Crippen LogP contribution in [0.4, 0.5) is 5.69 Å². The second kappa shape index (κ2) is 7.72. The molecule has 3 aromatic carbocycles. The van der Waals surface area contributed by atoms with Gasteiger partial charge in [0.05, 0.1) is 18.8 Å². The second-order valence-electron chi connectivity index (χ2n) is 9.96. The second-order valence-corrected chi connectivity index (χ2v) is 9.96. The van der Waals surface area contributed by atoms with Crippen LogP contribution >= 0.6 is 0 Å². The average Bonchev–Trinajstić information content (AvgIpc) is 3.48. The third-order valence-electron chi connectivity index (χ3n) is 7.84. The minimum absolute atomic E-state index is 0.285. The maximum absolute atomic E-state index is 12.4. The Morgan fingerprint density at radius 3 is 2.69 bits per heavy atom. The van der Waals surface area contributed by atoms with Crippen LogP contribution in [0.1, 0.15) is 42.3 Å². The zero-order valence-corrected chi connectivity index (χ0v) is 20.7. The predicted octanol–water partition coefficient (Wildman–Crippen LogP) is 6.05. The molecule has 0 amide bonds. The molecule has 1 saturated heterocycles. The molecule has 3 heterocycles. The molecule has 2 aliphatic heterocycles. The van der Waals surface area contributed by atoms with Gasteiger partial charge < -0.3 is 18.9 Å². The summed E-state index contributed by atoms with van der Waals surface area (Å²) in [6, 6.07) is 21.0. The summed E-state index contributed by atoms with van der Waals surface area (Å²) in [5, 5.41) is 2.51. The molecule has 5 heteroatoms. The van der Waals surface area contributed by atoms with Gasteiger partial charge in [0.25, 0.3) is 0 Å². The van der Waals surface area contributed by atoms with Crippen LogP contribution in [-0.4, -0.2) is 36.0 Å². The molecule has 0 bridgehead atoms. The van der Waals surface area contributed by atoms with Gasteiger partial charge >= 0.3 is 5.97 Å². The molecular formula is C30H30N2O3. The van der Waals surface area contributed by atoms with Crippen LogP contribution in [0.2, 0.25) is 0 Å². The molecule has 0 spiro atoms. The molecular weight excluding hydrogens is 436 g/mol. The zero-order valence-electron chi connectivity index (χ0n) is 20.7. The molecule has 1 unspecified atom stereocenters. The van der Waals surface area contributed by atoms with Crippen molar-refractivity contribution in [2.24, 2.45) is 7.05 Å². The number of hydrogen-bond donors (Lipinski definition) is 0. The normalized spacial score (nSPS) is 20.6. The maximum Gasteiger partial charge on any atom is 0.338 e. The summed E-state index contributed by atoms with van der Waals surface area (Å²) in [6.07, 6.45) is 4.38. The van der Waals surface area contributed by atoms with Crippen molar-refractivity contribution in [3.05, 3.63) is 83.4 Å². The Morgan fingerprint density at radius 1 is 1.06 bits per heavy atom. The minimum Gasteiger partial charge on any atom is -0.462 e. The van der Waals surface area contributed by atoms with Gasteiger partial charge in [0.15, 0.2) is 5.72 Å². The molecule has 4 aromatic rings. The van der Waals surface area contributed by atoms with Crippen molar-refractivity contribution < 1.29 is 14.3 Å². The van der Waals surface area contributed by atoms with E-state index >= 15 is 0 Å². The third kappa shape index (κ3) is 3.01. The van der Waals surface area contributed by atoms with Crippen molar-refractivity contribution in [3.63, 3.8) is 0 Å². The number of esters is 1. The number of benzene rings is 3. The van der Waals surface area contributed by atoms with Crippen LogP contribution in [0.25, 0.3) is 27.9 Å². The summed E-state index contributed by atoms with van der Waals surface area (Å²) in [7, 11) is 2.12. The van der Waals surface area contributed by atoms with Gasteiger partial charge in [0.1, 0.15) is 0 Å². The molecule has 0 N–H and O–H groups in total. The van der Waals surface area contributed by atoms with Crippen LogP contribution in [0.5, 0.6) is 0 Å². The van der Waals surface area contributed by atoms with Crippen molar-refractivity contribution in [2.45, 2.75) is 31.9 Å². The quantitative estimate of drug-likeness (QED) is 0.344. The fraction of sp³-hybridized carbons (Fsp3) is 0.300. The molecule has 1 aromatic heterocycles. The monoisotopic (exact) mass is 466 g/mol. The molecule has 35 heavy (non-hydrogen) atoms. The van der Waals surface area contributed by atoms with Crippen molar-refractivity contribution in [2.75, 3.05) is 24.7 Å². The molecule has 178 valence electrons. The van der Waals surface area contributed by atoms with Crippen molar-refractivity contribution in [1.29, 1.82) is 0 Å². The summed E-state index contributed by atoms with van der Waals surface area (Å²) in [5.74, 6) is -0.285. The molecule has 6 rings (SSSR count). The molecule has 2 aliphatic rings. The van der Waals surface area contributed by atoms with Gasteiger partial charge in [0, 0.05) is 46.5 Å². The summed E-state index contributed by atoms with van der Waals surface area (Å²) in [6.45, 7) is 8.06. The number of para-hydroxylation sites is 1. The number of hydrogen-bond acceptors (Lipinski definition) is 4. The number of carbonyl (C=O) groups excluding carboxylic acids is 1. The Labute approximate surface area is 205 Å². The Bertz CT molecular complexity index is 1510. The van der Waals surface area contributed by atoms with E-state index in [0.29, 0.717) is 18.8 Å². The molecule has 5 nitrogen and oxygen atoms in total. The smallest absolute Gasteiger partial charge is 0.338 e. The highest BCUT2D eigenvalue weighted by Crippen LogP contribution is 2.55. The first-order chi connectivity index (χ1) is 16.9.